The van der Waals surface area contributed by atoms with Gasteiger partial charge in [-0.25, -0.2) is 0 Å². The van der Waals surface area contributed by atoms with Crippen LogP contribution in [0.5, 0.6) is 0 Å². The maximum atomic E-state index is 5.48. The van der Waals surface area contributed by atoms with Crippen LogP contribution in [-0.2, 0) is 11.3 Å². The van der Waals surface area contributed by atoms with E-state index in [0.29, 0.717) is 12.3 Å². The van der Waals surface area contributed by atoms with Gasteiger partial charge in [-0.3, -0.25) is 4.68 Å². The number of aromatic nitrogens is 2. The van der Waals surface area contributed by atoms with E-state index in [9.17, 15) is 0 Å². The Morgan fingerprint density at radius 2 is 2.50 bits per heavy atom. The fourth-order valence-corrected chi connectivity index (χ4v) is 0.826. The van der Waals surface area contributed by atoms with Crippen molar-refractivity contribution in [1.82, 2.24) is 9.78 Å². The summed E-state index contributed by atoms with van der Waals surface area (Å²) >= 11 is 0. The van der Waals surface area contributed by atoms with Crippen molar-refractivity contribution in [2.75, 3.05) is 19.5 Å². The molecule has 66 valence electrons. The third kappa shape index (κ3) is 2.75. The minimum Gasteiger partial charge on any atom is -0.396 e. The molecule has 0 unspecified atom stereocenters. The van der Waals surface area contributed by atoms with E-state index in [4.69, 9.17) is 10.5 Å². The first-order chi connectivity index (χ1) is 5.83. The van der Waals surface area contributed by atoms with E-state index in [1.807, 2.05) is 12.2 Å². The molecule has 4 nitrogen and oxygen atoms in total. The molecule has 0 spiro atoms. The van der Waals surface area contributed by atoms with Gasteiger partial charge in [0.05, 0.1) is 25.0 Å². The molecule has 0 saturated heterocycles. The quantitative estimate of drug-likeness (QED) is 0.670. The van der Waals surface area contributed by atoms with Crippen molar-refractivity contribution >= 4 is 5.69 Å². The number of allylic oxidation sites excluding steroid dienone is 1. The van der Waals surface area contributed by atoms with E-state index in [0.717, 1.165) is 6.54 Å². The maximum Gasteiger partial charge on any atom is 0.0719 e. The van der Waals surface area contributed by atoms with Gasteiger partial charge in [-0.1, -0.05) is 12.2 Å². The number of hydrogen-bond donors (Lipinski definition) is 1. The van der Waals surface area contributed by atoms with Crippen LogP contribution in [0.2, 0.25) is 0 Å². The lowest BCUT2D eigenvalue weighted by atomic mass is 10.5. The van der Waals surface area contributed by atoms with Crippen molar-refractivity contribution < 1.29 is 4.74 Å². The van der Waals surface area contributed by atoms with Gasteiger partial charge in [-0.2, -0.15) is 5.10 Å². The number of methoxy groups -OCH3 is 1. The largest absolute Gasteiger partial charge is 0.396 e. The third-order valence-electron chi connectivity index (χ3n) is 1.38. The highest BCUT2D eigenvalue weighted by molar-refractivity contribution is 5.30. The van der Waals surface area contributed by atoms with Crippen LogP contribution < -0.4 is 5.73 Å². The molecule has 0 radical (unpaired) electrons. The molecule has 0 bridgehead atoms. The first-order valence-corrected chi connectivity index (χ1v) is 3.75. The van der Waals surface area contributed by atoms with Crippen molar-refractivity contribution in [1.29, 1.82) is 0 Å². The lowest BCUT2D eigenvalue weighted by molar-refractivity contribution is 0.233. The highest BCUT2D eigenvalue weighted by atomic mass is 16.5. The second-order valence-electron chi connectivity index (χ2n) is 2.42. The van der Waals surface area contributed by atoms with Gasteiger partial charge >= 0.3 is 0 Å². The molecular formula is C8H13N3O. The number of nitrogen functional groups attached to an aromatic ring is 1. The highest BCUT2D eigenvalue weighted by Gasteiger charge is 1.89. The molecule has 0 atom stereocenters. The zero-order valence-electron chi connectivity index (χ0n) is 7.10. The second kappa shape index (κ2) is 4.56. The zero-order valence-corrected chi connectivity index (χ0v) is 7.10. The van der Waals surface area contributed by atoms with Crippen LogP contribution in [-0.4, -0.2) is 23.5 Å². The molecule has 2 N–H and O–H groups in total. The second-order valence-corrected chi connectivity index (χ2v) is 2.42. The average Bonchev–Trinajstić information content (AvgIpc) is 2.45. The first-order valence-electron chi connectivity index (χ1n) is 3.75. The van der Waals surface area contributed by atoms with E-state index < -0.39 is 0 Å². The van der Waals surface area contributed by atoms with Crippen molar-refractivity contribution in [3.05, 3.63) is 24.5 Å². The Hall–Kier alpha value is -1.29. The smallest absolute Gasteiger partial charge is 0.0719 e. The molecular weight excluding hydrogens is 154 g/mol. The summed E-state index contributed by atoms with van der Waals surface area (Å²) in [6, 6.07) is 0. The zero-order chi connectivity index (χ0) is 8.81. The lowest BCUT2D eigenvalue weighted by Crippen LogP contribution is -1.95. The fourth-order valence-electron chi connectivity index (χ4n) is 0.826. The van der Waals surface area contributed by atoms with Crippen LogP contribution in [0.1, 0.15) is 0 Å². The van der Waals surface area contributed by atoms with Gasteiger partial charge in [0.25, 0.3) is 0 Å². The molecule has 1 heterocycles. The SMILES string of the molecule is COC/C=C/Cn1cc(N)cn1. The molecule has 1 aromatic rings. The minimum atomic E-state index is 0.636. The molecule has 12 heavy (non-hydrogen) atoms. The lowest BCUT2D eigenvalue weighted by Gasteiger charge is -1.93. The van der Waals surface area contributed by atoms with Crippen molar-refractivity contribution in [2.24, 2.45) is 0 Å². The standard InChI is InChI=1S/C8H13N3O/c1-12-5-3-2-4-11-7-8(9)6-10-11/h2-3,6-7H,4-5,9H2,1H3/b3-2+. The molecule has 1 aromatic heterocycles. The molecule has 1 rings (SSSR count). The number of hydrogen-bond acceptors (Lipinski definition) is 3. The van der Waals surface area contributed by atoms with E-state index in [1.54, 1.807) is 24.2 Å². The van der Waals surface area contributed by atoms with Gasteiger partial charge in [-0.15, -0.1) is 0 Å². The third-order valence-corrected chi connectivity index (χ3v) is 1.38. The summed E-state index contributed by atoms with van der Waals surface area (Å²) in [6.07, 6.45) is 7.34. The number of anilines is 1. The van der Waals surface area contributed by atoms with Gasteiger partial charge in [0.15, 0.2) is 0 Å². The predicted octanol–water partition coefficient (Wildman–Crippen LogP) is 0.668. The van der Waals surface area contributed by atoms with Crippen LogP contribution in [0, 0.1) is 0 Å². The summed E-state index contributed by atoms with van der Waals surface area (Å²) in [4.78, 5) is 0. The summed E-state index contributed by atoms with van der Waals surface area (Å²) in [5.74, 6) is 0. The monoisotopic (exact) mass is 167 g/mol. The van der Waals surface area contributed by atoms with Crippen molar-refractivity contribution in [3.8, 4) is 0 Å². The van der Waals surface area contributed by atoms with Crippen molar-refractivity contribution in [2.45, 2.75) is 6.54 Å². The molecule has 0 saturated carbocycles. The summed E-state index contributed by atoms with van der Waals surface area (Å²) in [7, 11) is 1.66. The molecule has 0 aliphatic heterocycles. The molecule has 0 aromatic carbocycles. The van der Waals surface area contributed by atoms with Crippen molar-refractivity contribution in [3.63, 3.8) is 0 Å². The van der Waals surface area contributed by atoms with Gasteiger partial charge in [0.2, 0.25) is 0 Å². The minimum absolute atomic E-state index is 0.636. The number of rotatable bonds is 4. The Morgan fingerprint density at radius 3 is 3.08 bits per heavy atom. The molecule has 0 aliphatic carbocycles. The van der Waals surface area contributed by atoms with Crippen LogP contribution >= 0.6 is 0 Å². The van der Waals surface area contributed by atoms with Gasteiger partial charge in [0, 0.05) is 13.3 Å². The number of nitrogens with two attached hydrogens (primary N) is 1. The van der Waals surface area contributed by atoms with Crippen LogP contribution in [0.4, 0.5) is 5.69 Å². The summed E-state index contributed by atoms with van der Waals surface area (Å²) in [5.41, 5.74) is 6.17. The topological polar surface area (TPSA) is 53.1 Å². The Balaban J connectivity index is 2.33. The summed E-state index contributed by atoms with van der Waals surface area (Å²) in [5, 5.41) is 4.01. The van der Waals surface area contributed by atoms with E-state index >= 15 is 0 Å². The van der Waals surface area contributed by atoms with Gasteiger partial charge in [-0.05, 0) is 0 Å². The summed E-state index contributed by atoms with van der Waals surface area (Å²) < 4.78 is 6.61. The predicted molar refractivity (Wildman–Crippen MR) is 47.7 cm³/mol. The Bertz CT molecular complexity index is 255. The van der Waals surface area contributed by atoms with E-state index in [1.165, 1.54) is 0 Å². The fraction of sp³-hybridized carbons (Fsp3) is 0.375. The average molecular weight is 167 g/mol. The Labute approximate surface area is 71.6 Å². The molecule has 0 fully saturated rings. The first kappa shape index (κ1) is 8.80. The molecule has 0 amide bonds. The number of nitrogens with zero attached hydrogens (tertiary/aromatic N) is 2. The van der Waals surface area contributed by atoms with E-state index in [-0.39, 0.29) is 0 Å². The van der Waals surface area contributed by atoms with Crippen LogP contribution in [0.3, 0.4) is 0 Å². The molecule has 0 aliphatic rings. The number of ether oxygens (including phenoxy) is 1. The molecule has 4 heteroatoms. The highest BCUT2D eigenvalue weighted by Crippen LogP contribution is 1.97. The van der Waals surface area contributed by atoms with Gasteiger partial charge in [0.1, 0.15) is 0 Å². The van der Waals surface area contributed by atoms with E-state index in [2.05, 4.69) is 5.10 Å². The maximum absolute atomic E-state index is 5.48. The van der Waals surface area contributed by atoms with Crippen LogP contribution in [0.25, 0.3) is 0 Å². The summed E-state index contributed by atoms with van der Waals surface area (Å²) in [6.45, 7) is 1.37. The van der Waals surface area contributed by atoms with Crippen LogP contribution in [0.15, 0.2) is 24.5 Å². The Kier molecular flexibility index (Phi) is 3.35. The normalized spacial score (nSPS) is 11.1. The van der Waals surface area contributed by atoms with Gasteiger partial charge < -0.3 is 10.5 Å². The Morgan fingerprint density at radius 1 is 1.67 bits per heavy atom.